The fraction of sp³-hybridized carbons (Fsp3) is 0.200. The summed E-state index contributed by atoms with van der Waals surface area (Å²) in [7, 11) is 0. The molecule has 5 heteroatoms. The first-order chi connectivity index (χ1) is 9.40. The summed E-state index contributed by atoms with van der Waals surface area (Å²) in [6.07, 6.45) is -1.03. The van der Waals surface area contributed by atoms with E-state index in [0.717, 1.165) is 0 Å². The van der Waals surface area contributed by atoms with Crippen molar-refractivity contribution in [2.75, 3.05) is 0 Å². The van der Waals surface area contributed by atoms with Gasteiger partial charge in [0, 0.05) is 12.0 Å². The number of rotatable bonds is 3. The number of halogens is 4. The summed E-state index contributed by atoms with van der Waals surface area (Å²) in [6, 6.07) is 7.69. The van der Waals surface area contributed by atoms with Gasteiger partial charge in [-0.2, -0.15) is 0 Å². The van der Waals surface area contributed by atoms with E-state index in [1.54, 1.807) is 18.2 Å². The minimum absolute atomic E-state index is 0.0702. The number of hydrogen-bond acceptors (Lipinski definition) is 1. The first kappa shape index (κ1) is 15.2. The van der Waals surface area contributed by atoms with Gasteiger partial charge in [-0.15, -0.1) is 0 Å². The van der Waals surface area contributed by atoms with Crippen LogP contribution < -0.4 is 0 Å². The van der Waals surface area contributed by atoms with E-state index in [-0.39, 0.29) is 17.5 Å². The first-order valence-corrected chi connectivity index (χ1v) is 6.72. The van der Waals surface area contributed by atoms with Gasteiger partial charge in [0.1, 0.15) is 0 Å². The molecule has 0 aliphatic carbocycles. The van der Waals surface area contributed by atoms with Gasteiger partial charge in [0.05, 0.1) is 16.1 Å². The molecular formula is C15H12Cl2F2O. The van der Waals surface area contributed by atoms with E-state index in [1.165, 1.54) is 19.1 Å². The van der Waals surface area contributed by atoms with Gasteiger partial charge in [0.15, 0.2) is 11.6 Å². The molecule has 1 nitrogen and oxygen atoms in total. The maximum absolute atomic E-state index is 13.8. The third-order valence-corrected chi connectivity index (χ3v) is 3.82. The lowest BCUT2D eigenvalue weighted by Crippen LogP contribution is -2.06. The summed E-state index contributed by atoms with van der Waals surface area (Å²) >= 11 is 11.7. The number of aliphatic hydroxyl groups is 1. The predicted molar refractivity (Wildman–Crippen MR) is 76.2 cm³/mol. The first-order valence-electron chi connectivity index (χ1n) is 5.96. The maximum Gasteiger partial charge on any atom is 0.164 e. The Labute approximate surface area is 125 Å². The minimum atomic E-state index is -1.15. The summed E-state index contributed by atoms with van der Waals surface area (Å²) < 4.78 is 27.3. The molecule has 20 heavy (non-hydrogen) atoms. The zero-order valence-electron chi connectivity index (χ0n) is 10.6. The number of aryl methyl sites for hydroxylation is 1. The van der Waals surface area contributed by atoms with Crippen LogP contribution in [0.3, 0.4) is 0 Å². The zero-order valence-corrected chi connectivity index (χ0v) is 12.1. The van der Waals surface area contributed by atoms with Gasteiger partial charge >= 0.3 is 0 Å². The van der Waals surface area contributed by atoms with E-state index in [9.17, 15) is 13.9 Å². The molecule has 0 aliphatic heterocycles. The van der Waals surface area contributed by atoms with Crippen LogP contribution in [0.4, 0.5) is 8.78 Å². The van der Waals surface area contributed by atoms with Crippen molar-refractivity contribution in [3.63, 3.8) is 0 Å². The molecule has 1 atom stereocenters. The van der Waals surface area contributed by atoms with Gasteiger partial charge in [-0.3, -0.25) is 0 Å². The van der Waals surface area contributed by atoms with Gasteiger partial charge in [0.2, 0.25) is 0 Å². The summed E-state index contributed by atoms with van der Waals surface area (Å²) in [6.45, 7) is 1.47. The maximum atomic E-state index is 13.8. The van der Waals surface area contributed by atoms with Gasteiger partial charge in [-0.25, -0.2) is 8.78 Å². The molecule has 1 N–H and O–H groups in total. The van der Waals surface area contributed by atoms with Crippen LogP contribution in [-0.2, 0) is 6.42 Å². The number of aliphatic hydroxyl groups excluding tert-OH is 1. The van der Waals surface area contributed by atoms with E-state index in [1.807, 2.05) is 0 Å². The third-order valence-electron chi connectivity index (χ3n) is 3.08. The highest BCUT2D eigenvalue weighted by Crippen LogP contribution is 2.27. The van der Waals surface area contributed by atoms with Crippen molar-refractivity contribution in [2.45, 2.75) is 19.4 Å². The molecule has 2 rings (SSSR count). The van der Waals surface area contributed by atoms with Gasteiger partial charge in [-0.05, 0) is 30.2 Å². The third kappa shape index (κ3) is 3.11. The topological polar surface area (TPSA) is 20.2 Å². The Bertz CT molecular complexity index is 644. The van der Waals surface area contributed by atoms with Gasteiger partial charge < -0.3 is 5.11 Å². The van der Waals surface area contributed by atoms with E-state index < -0.39 is 17.7 Å². The Kier molecular flexibility index (Phi) is 4.63. The lowest BCUT2D eigenvalue weighted by atomic mass is 9.99. The normalized spacial score (nSPS) is 12.5. The Hall–Kier alpha value is -1.16. The van der Waals surface area contributed by atoms with Crippen molar-refractivity contribution in [2.24, 2.45) is 0 Å². The van der Waals surface area contributed by atoms with Crippen molar-refractivity contribution >= 4 is 23.2 Å². The average molecular weight is 317 g/mol. The molecule has 0 radical (unpaired) electrons. The van der Waals surface area contributed by atoms with E-state index in [0.29, 0.717) is 15.6 Å². The van der Waals surface area contributed by atoms with Crippen molar-refractivity contribution in [1.82, 2.24) is 0 Å². The predicted octanol–water partition coefficient (Wildman–Crippen LogP) is 4.86. The number of benzene rings is 2. The average Bonchev–Trinajstić information content (AvgIpc) is 2.40. The van der Waals surface area contributed by atoms with Crippen molar-refractivity contribution in [3.05, 3.63) is 68.7 Å². The largest absolute Gasteiger partial charge is 0.388 e. The highest BCUT2D eigenvalue weighted by molar-refractivity contribution is 6.42. The highest BCUT2D eigenvalue weighted by Gasteiger charge is 2.18. The van der Waals surface area contributed by atoms with Crippen LogP contribution in [0.2, 0.25) is 10.0 Å². The molecular weight excluding hydrogens is 305 g/mol. The fourth-order valence-corrected chi connectivity index (χ4v) is 2.24. The summed E-state index contributed by atoms with van der Waals surface area (Å²) in [5, 5.41) is 10.8. The van der Waals surface area contributed by atoms with Crippen LogP contribution in [-0.4, -0.2) is 5.11 Å². The number of hydrogen-bond donors (Lipinski definition) is 1. The van der Waals surface area contributed by atoms with Crippen molar-refractivity contribution in [1.29, 1.82) is 0 Å². The molecule has 0 saturated carbocycles. The lowest BCUT2D eigenvalue weighted by Gasteiger charge is -2.13. The Morgan fingerprint density at radius 3 is 2.40 bits per heavy atom. The van der Waals surface area contributed by atoms with Gasteiger partial charge in [0.25, 0.3) is 0 Å². The lowest BCUT2D eigenvalue weighted by molar-refractivity contribution is 0.172. The van der Waals surface area contributed by atoms with Crippen LogP contribution in [0.5, 0.6) is 0 Å². The summed E-state index contributed by atoms with van der Waals surface area (Å²) in [5.74, 6) is -1.95. The monoisotopic (exact) mass is 316 g/mol. The molecule has 0 saturated heterocycles. The van der Waals surface area contributed by atoms with Crippen LogP contribution >= 0.6 is 23.2 Å². The Balaban J connectivity index is 2.26. The standard InChI is InChI=1S/C15H12Cl2F2O/c1-8-2-4-10(15(19)14(8)18)13(20)7-9-3-5-11(16)12(17)6-9/h2-6,13,20H,7H2,1H3. The van der Waals surface area contributed by atoms with E-state index in [2.05, 4.69) is 0 Å². The Morgan fingerprint density at radius 2 is 1.75 bits per heavy atom. The Morgan fingerprint density at radius 1 is 1.05 bits per heavy atom. The molecule has 0 heterocycles. The van der Waals surface area contributed by atoms with E-state index in [4.69, 9.17) is 23.2 Å². The van der Waals surface area contributed by atoms with Crippen LogP contribution in [0.1, 0.15) is 22.8 Å². The fourth-order valence-electron chi connectivity index (χ4n) is 1.92. The van der Waals surface area contributed by atoms with Crippen LogP contribution in [0, 0.1) is 18.6 Å². The molecule has 0 spiro atoms. The second-order valence-electron chi connectivity index (χ2n) is 4.57. The smallest absolute Gasteiger partial charge is 0.164 e. The molecule has 0 amide bonds. The van der Waals surface area contributed by atoms with Gasteiger partial charge in [-0.1, -0.05) is 41.4 Å². The van der Waals surface area contributed by atoms with Crippen molar-refractivity contribution in [3.8, 4) is 0 Å². The van der Waals surface area contributed by atoms with E-state index >= 15 is 0 Å². The molecule has 2 aromatic rings. The van der Waals surface area contributed by atoms with Crippen molar-refractivity contribution < 1.29 is 13.9 Å². The SMILES string of the molecule is Cc1ccc(C(O)Cc2ccc(Cl)c(Cl)c2)c(F)c1F. The summed E-state index contributed by atoms with van der Waals surface area (Å²) in [5.41, 5.74) is 0.819. The summed E-state index contributed by atoms with van der Waals surface area (Å²) in [4.78, 5) is 0. The molecule has 0 fully saturated rings. The molecule has 1 unspecified atom stereocenters. The molecule has 2 aromatic carbocycles. The minimum Gasteiger partial charge on any atom is -0.388 e. The highest BCUT2D eigenvalue weighted by atomic mass is 35.5. The van der Waals surface area contributed by atoms with Crippen LogP contribution in [0.15, 0.2) is 30.3 Å². The zero-order chi connectivity index (χ0) is 14.9. The second-order valence-corrected chi connectivity index (χ2v) is 5.38. The quantitative estimate of drug-likeness (QED) is 0.857. The molecule has 0 aromatic heterocycles. The molecule has 0 bridgehead atoms. The van der Waals surface area contributed by atoms with Crippen LogP contribution in [0.25, 0.3) is 0 Å². The molecule has 0 aliphatic rings. The molecule has 106 valence electrons. The second kappa shape index (κ2) is 6.08.